The van der Waals surface area contributed by atoms with Gasteiger partial charge in [0.15, 0.2) is 0 Å². The molecular formula is C22H29NO2S. The van der Waals surface area contributed by atoms with Crippen molar-refractivity contribution in [1.29, 1.82) is 0 Å². The lowest BCUT2D eigenvalue weighted by atomic mass is 9.87. The van der Waals surface area contributed by atoms with Crippen LogP contribution in [0.3, 0.4) is 0 Å². The van der Waals surface area contributed by atoms with Crippen molar-refractivity contribution in [1.82, 2.24) is 5.32 Å². The van der Waals surface area contributed by atoms with Gasteiger partial charge in [0.25, 0.3) is 0 Å². The van der Waals surface area contributed by atoms with Crippen molar-refractivity contribution < 1.29 is 9.84 Å². The van der Waals surface area contributed by atoms with Crippen LogP contribution in [-0.4, -0.2) is 29.6 Å². The topological polar surface area (TPSA) is 41.5 Å². The quantitative estimate of drug-likeness (QED) is 0.766. The van der Waals surface area contributed by atoms with E-state index in [0.717, 1.165) is 30.8 Å². The number of ether oxygens (including phenoxy) is 1. The zero-order valence-corrected chi connectivity index (χ0v) is 16.7. The predicted octanol–water partition coefficient (Wildman–Crippen LogP) is 4.79. The van der Waals surface area contributed by atoms with Crippen LogP contribution in [0.4, 0.5) is 0 Å². The van der Waals surface area contributed by atoms with Crippen LogP contribution < -0.4 is 10.1 Å². The Morgan fingerprint density at radius 3 is 2.62 bits per heavy atom. The highest BCUT2D eigenvalue weighted by Crippen LogP contribution is 2.44. The molecule has 0 saturated heterocycles. The average Bonchev–Trinajstić information content (AvgIpc) is 2.86. The minimum Gasteiger partial charge on any atom is -0.496 e. The van der Waals surface area contributed by atoms with E-state index < -0.39 is 0 Å². The van der Waals surface area contributed by atoms with Gasteiger partial charge in [0.05, 0.1) is 24.2 Å². The van der Waals surface area contributed by atoms with Gasteiger partial charge in [-0.1, -0.05) is 56.3 Å². The normalized spacial score (nSPS) is 23.8. The van der Waals surface area contributed by atoms with Crippen LogP contribution in [0.5, 0.6) is 5.75 Å². The monoisotopic (exact) mass is 371 g/mol. The summed E-state index contributed by atoms with van der Waals surface area (Å²) in [5.74, 6) is 1.84. The summed E-state index contributed by atoms with van der Waals surface area (Å²) in [6, 6.07) is 16.9. The number of aliphatic hydroxyl groups is 1. The maximum atomic E-state index is 10.4. The summed E-state index contributed by atoms with van der Waals surface area (Å²) in [6.45, 7) is 4.26. The van der Waals surface area contributed by atoms with E-state index in [2.05, 4.69) is 54.7 Å². The molecule has 0 amide bonds. The molecule has 2 N–H and O–H groups in total. The summed E-state index contributed by atoms with van der Waals surface area (Å²) in [7, 11) is 1.74. The average molecular weight is 372 g/mol. The molecule has 3 rings (SSSR count). The Kier molecular flexibility index (Phi) is 6.28. The van der Waals surface area contributed by atoms with E-state index in [9.17, 15) is 5.11 Å². The molecule has 0 radical (unpaired) electrons. The minimum atomic E-state index is -0.289. The third kappa shape index (κ3) is 3.93. The van der Waals surface area contributed by atoms with Crippen LogP contribution in [0.25, 0.3) is 0 Å². The number of aliphatic hydroxyl groups excluding tert-OH is 1. The van der Waals surface area contributed by atoms with Gasteiger partial charge in [-0.25, -0.2) is 0 Å². The molecule has 4 heteroatoms. The van der Waals surface area contributed by atoms with Crippen LogP contribution in [-0.2, 0) is 0 Å². The number of hydrogen-bond donors (Lipinski definition) is 2. The van der Waals surface area contributed by atoms with Gasteiger partial charge in [-0.3, -0.25) is 5.32 Å². The van der Waals surface area contributed by atoms with Crippen molar-refractivity contribution in [2.75, 3.05) is 12.9 Å². The maximum absolute atomic E-state index is 10.4. The van der Waals surface area contributed by atoms with Gasteiger partial charge >= 0.3 is 0 Å². The minimum absolute atomic E-state index is 0.0836. The first-order chi connectivity index (χ1) is 12.6. The summed E-state index contributed by atoms with van der Waals surface area (Å²) in [4.78, 5) is 1.21. The van der Waals surface area contributed by atoms with E-state index in [0.29, 0.717) is 0 Å². The van der Waals surface area contributed by atoms with Crippen LogP contribution in [0.2, 0.25) is 0 Å². The largest absolute Gasteiger partial charge is 0.496 e. The van der Waals surface area contributed by atoms with Crippen LogP contribution in [0.15, 0.2) is 53.4 Å². The summed E-state index contributed by atoms with van der Waals surface area (Å²) in [6.07, 6.45) is 2.21. The number of rotatable bonds is 6. The van der Waals surface area contributed by atoms with E-state index >= 15 is 0 Å². The van der Waals surface area contributed by atoms with E-state index in [1.807, 2.05) is 24.8 Å². The second-order valence-corrected chi connectivity index (χ2v) is 8.04. The van der Waals surface area contributed by atoms with Crippen molar-refractivity contribution in [2.45, 2.75) is 55.7 Å². The van der Waals surface area contributed by atoms with Gasteiger partial charge in [-0.15, -0.1) is 11.8 Å². The lowest BCUT2D eigenvalue weighted by Gasteiger charge is -2.37. The molecule has 2 aromatic rings. The van der Waals surface area contributed by atoms with Crippen LogP contribution in [0, 0.1) is 0 Å². The van der Waals surface area contributed by atoms with E-state index in [4.69, 9.17) is 4.74 Å². The molecule has 0 bridgehead atoms. The van der Waals surface area contributed by atoms with Gasteiger partial charge < -0.3 is 9.84 Å². The Hall–Kier alpha value is -1.49. The SMILES string of the molecule is CCC(O)CC1(CC)CSc2c(OC)cccc2C(c2ccccc2)N1. The Bertz CT molecular complexity index is 721. The third-order valence-corrected chi connectivity index (χ3v) is 6.81. The van der Waals surface area contributed by atoms with Crippen molar-refractivity contribution in [2.24, 2.45) is 0 Å². The molecule has 1 heterocycles. The lowest BCUT2D eigenvalue weighted by molar-refractivity contribution is 0.116. The van der Waals surface area contributed by atoms with Crippen molar-refractivity contribution in [3.05, 3.63) is 59.7 Å². The van der Waals surface area contributed by atoms with Crippen molar-refractivity contribution >= 4 is 11.8 Å². The van der Waals surface area contributed by atoms with Crippen molar-refractivity contribution in [3.63, 3.8) is 0 Å². The second-order valence-electron chi connectivity index (χ2n) is 7.06. The molecule has 3 atom stereocenters. The first-order valence-electron chi connectivity index (χ1n) is 9.43. The fourth-order valence-electron chi connectivity index (χ4n) is 3.68. The van der Waals surface area contributed by atoms with Gasteiger partial charge in [0.1, 0.15) is 5.75 Å². The predicted molar refractivity (Wildman–Crippen MR) is 109 cm³/mol. The molecule has 0 fully saturated rings. The number of hydrogen-bond acceptors (Lipinski definition) is 4. The molecule has 0 aliphatic carbocycles. The number of thioether (sulfide) groups is 1. The smallest absolute Gasteiger partial charge is 0.132 e. The summed E-state index contributed by atoms with van der Waals surface area (Å²) >= 11 is 1.84. The van der Waals surface area contributed by atoms with Gasteiger partial charge in [-0.05, 0) is 36.5 Å². The molecular weight excluding hydrogens is 342 g/mol. The van der Waals surface area contributed by atoms with E-state index in [-0.39, 0.29) is 17.7 Å². The molecule has 0 aromatic heterocycles. The number of methoxy groups -OCH3 is 1. The third-order valence-electron chi connectivity index (χ3n) is 5.39. The maximum Gasteiger partial charge on any atom is 0.132 e. The Morgan fingerprint density at radius 2 is 1.96 bits per heavy atom. The number of nitrogens with one attached hydrogen (secondary N) is 1. The summed E-state index contributed by atoms with van der Waals surface area (Å²) in [5.41, 5.74) is 2.38. The Balaban J connectivity index is 2.08. The Labute approximate surface area is 161 Å². The standard InChI is InChI=1S/C22H29NO2S/c1-4-17(24)14-22(5-2)15-26-21-18(12-9-13-19(21)25-3)20(23-22)16-10-7-6-8-11-16/h6-13,17,20,23-24H,4-5,14-15H2,1-3H3. The highest BCUT2D eigenvalue weighted by Gasteiger charge is 2.37. The van der Waals surface area contributed by atoms with Gasteiger partial charge in [0, 0.05) is 11.3 Å². The second kappa shape index (κ2) is 8.47. The highest BCUT2D eigenvalue weighted by molar-refractivity contribution is 7.99. The molecule has 1 aliphatic rings. The summed E-state index contributed by atoms with van der Waals surface area (Å²) in [5, 5.41) is 14.3. The van der Waals surface area contributed by atoms with Gasteiger partial charge in [-0.2, -0.15) is 0 Å². The molecule has 2 aromatic carbocycles. The summed E-state index contributed by atoms with van der Waals surface area (Å²) < 4.78 is 5.66. The molecule has 3 nitrogen and oxygen atoms in total. The molecule has 3 unspecified atom stereocenters. The highest BCUT2D eigenvalue weighted by atomic mass is 32.2. The van der Waals surface area contributed by atoms with E-state index in [1.54, 1.807) is 7.11 Å². The van der Waals surface area contributed by atoms with Crippen LogP contribution in [0.1, 0.15) is 50.3 Å². The first-order valence-corrected chi connectivity index (χ1v) is 10.4. The molecule has 26 heavy (non-hydrogen) atoms. The number of benzene rings is 2. The van der Waals surface area contributed by atoms with Crippen LogP contribution >= 0.6 is 11.8 Å². The fourth-order valence-corrected chi connectivity index (χ4v) is 5.15. The molecule has 0 saturated carbocycles. The van der Waals surface area contributed by atoms with Crippen molar-refractivity contribution in [3.8, 4) is 5.75 Å². The van der Waals surface area contributed by atoms with E-state index in [1.165, 1.54) is 16.0 Å². The molecule has 140 valence electrons. The lowest BCUT2D eigenvalue weighted by Crippen LogP contribution is -2.50. The number of fused-ring (bicyclic) bond motifs is 1. The first kappa shape index (κ1) is 19.3. The molecule has 0 spiro atoms. The van der Waals surface area contributed by atoms with Gasteiger partial charge in [0.2, 0.25) is 0 Å². The Morgan fingerprint density at radius 1 is 1.19 bits per heavy atom. The fraction of sp³-hybridized carbons (Fsp3) is 0.455. The zero-order valence-electron chi connectivity index (χ0n) is 15.9. The zero-order chi connectivity index (χ0) is 18.6. The molecule has 1 aliphatic heterocycles.